The lowest BCUT2D eigenvalue weighted by Gasteiger charge is -2.39. The molecule has 2 rings (SSSR count). The van der Waals surface area contributed by atoms with E-state index in [1.165, 1.54) is 12.8 Å². The topological polar surface area (TPSA) is 32.3 Å². The number of amides is 1. The van der Waals surface area contributed by atoms with Gasteiger partial charge in [0.15, 0.2) is 0 Å². The average Bonchev–Trinajstić information content (AvgIpc) is 2.69. The summed E-state index contributed by atoms with van der Waals surface area (Å²) >= 11 is 0. The zero-order valence-electron chi connectivity index (χ0n) is 11.8. The minimum absolute atomic E-state index is 0.0150. The highest BCUT2D eigenvalue weighted by molar-refractivity contribution is 5.84. The molecule has 1 N–H and O–H groups in total. The van der Waals surface area contributed by atoms with Crippen LogP contribution in [0.1, 0.15) is 53.9 Å². The first-order chi connectivity index (χ1) is 7.84. The van der Waals surface area contributed by atoms with E-state index in [1.54, 1.807) is 0 Å². The van der Waals surface area contributed by atoms with Gasteiger partial charge in [-0.25, -0.2) is 0 Å². The molecular formula is C14H26N2O. The fraction of sp³-hybridized carbons (Fsp3) is 0.929. The van der Waals surface area contributed by atoms with Gasteiger partial charge in [-0.1, -0.05) is 34.1 Å². The quantitative estimate of drug-likeness (QED) is 0.801. The molecule has 3 nitrogen and oxygen atoms in total. The molecule has 1 heterocycles. The molecule has 1 saturated heterocycles. The largest absolute Gasteiger partial charge is 0.322 e. The van der Waals surface area contributed by atoms with Crippen LogP contribution in [-0.2, 0) is 4.79 Å². The number of nitrogens with one attached hydrogen (secondary N) is 1. The van der Waals surface area contributed by atoms with E-state index in [2.05, 4.69) is 37.9 Å². The molecule has 0 radical (unpaired) electrons. The van der Waals surface area contributed by atoms with Crippen LogP contribution in [0, 0.1) is 11.3 Å². The van der Waals surface area contributed by atoms with Gasteiger partial charge < -0.3 is 4.90 Å². The summed E-state index contributed by atoms with van der Waals surface area (Å²) in [5.41, 5.74) is 0.272. The van der Waals surface area contributed by atoms with Gasteiger partial charge in [-0.2, -0.15) is 0 Å². The third kappa shape index (κ3) is 2.10. The zero-order chi connectivity index (χ0) is 12.8. The molecular weight excluding hydrogens is 212 g/mol. The standard InChI is InChI=1S/C14H26N2O/c1-9(2)12-15-10(3)13(17)16(12)11-7-6-8-14(11,4)5/h9-12,15H,6-8H2,1-5H3. The Morgan fingerprint density at radius 2 is 2.06 bits per heavy atom. The van der Waals surface area contributed by atoms with Crippen molar-refractivity contribution < 1.29 is 4.79 Å². The van der Waals surface area contributed by atoms with Crippen LogP contribution in [0.2, 0.25) is 0 Å². The number of hydrogen-bond donors (Lipinski definition) is 1. The Hall–Kier alpha value is -0.570. The third-order valence-corrected chi connectivity index (χ3v) is 4.51. The van der Waals surface area contributed by atoms with Gasteiger partial charge in [-0.15, -0.1) is 0 Å². The maximum Gasteiger partial charge on any atom is 0.241 e. The number of carbonyl (C=O) groups is 1. The van der Waals surface area contributed by atoms with Crippen molar-refractivity contribution >= 4 is 5.91 Å². The second-order valence-electron chi connectivity index (χ2n) is 6.72. The number of hydrogen-bond acceptors (Lipinski definition) is 2. The highest BCUT2D eigenvalue weighted by Gasteiger charge is 2.48. The molecule has 0 aromatic rings. The monoisotopic (exact) mass is 238 g/mol. The maximum absolute atomic E-state index is 12.4. The van der Waals surface area contributed by atoms with Crippen molar-refractivity contribution in [1.29, 1.82) is 0 Å². The van der Waals surface area contributed by atoms with E-state index in [4.69, 9.17) is 0 Å². The Morgan fingerprint density at radius 3 is 2.53 bits per heavy atom. The van der Waals surface area contributed by atoms with E-state index in [9.17, 15) is 4.79 Å². The first kappa shape index (κ1) is 12.9. The summed E-state index contributed by atoms with van der Waals surface area (Å²) in [5, 5.41) is 3.44. The summed E-state index contributed by atoms with van der Waals surface area (Å²) in [7, 11) is 0. The van der Waals surface area contributed by atoms with E-state index < -0.39 is 0 Å². The maximum atomic E-state index is 12.4. The van der Waals surface area contributed by atoms with Crippen molar-refractivity contribution in [2.24, 2.45) is 11.3 Å². The van der Waals surface area contributed by atoms with Crippen molar-refractivity contribution in [3.63, 3.8) is 0 Å². The van der Waals surface area contributed by atoms with Crippen LogP contribution in [0.15, 0.2) is 0 Å². The molecule has 0 spiro atoms. The van der Waals surface area contributed by atoms with Gasteiger partial charge in [0.2, 0.25) is 5.91 Å². The molecule has 2 fully saturated rings. The molecule has 98 valence electrons. The SMILES string of the molecule is CC1NC(C(C)C)N(C2CCCC2(C)C)C1=O. The van der Waals surface area contributed by atoms with E-state index in [0.717, 1.165) is 6.42 Å². The van der Waals surface area contributed by atoms with Crippen LogP contribution >= 0.6 is 0 Å². The minimum Gasteiger partial charge on any atom is -0.322 e. The summed E-state index contributed by atoms with van der Waals surface area (Å²) in [5.74, 6) is 0.768. The van der Waals surface area contributed by atoms with Crippen LogP contribution in [-0.4, -0.2) is 29.1 Å². The first-order valence-electron chi connectivity index (χ1n) is 6.93. The van der Waals surface area contributed by atoms with Crippen LogP contribution in [0.4, 0.5) is 0 Å². The second kappa shape index (κ2) is 4.27. The van der Waals surface area contributed by atoms with Crippen LogP contribution in [0.3, 0.4) is 0 Å². The molecule has 1 aliphatic heterocycles. The van der Waals surface area contributed by atoms with Gasteiger partial charge >= 0.3 is 0 Å². The van der Waals surface area contributed by atoms with Gasteiger partial charge in [0, 0.05) is 6.04 Å². The lowest BCUT2D eigenvalue weighted by molar-refractivity contribution is -0.134. The molecule has 0 aromatic heterocycles. The molecule has 3 heteroatoms. The molecule has 17 heavy (non-hydrogen) atoms. The lowest BCUT2D eigenvalue weighted by atomic mass is 9.85. The first-order valence-corrected chi connectivity index (χ1v) is 6.93. The van der Waals surface area contributed by atoms with Gasteiger partial charge in [0.1, 0.15) is 0 Å². The number of rotatable bonds is 2. The predicted octanol–water partition coefficient (Wildman–Crippen LogP) is 2.37. The van der Waals surface area contributed by atoms with Crippen molar-refractivity contribution in [1.82, 2.24) is 10.2 Å². The fourth-order valence-electron chi connectivity index (χ4n) is 3.45. The van der Waals surface area contributed by atoms with Crippen molar-refractivity contribution in [2.75, 3.05) is 0 Å². The van der Waals surface area contributed by atoms with Gasteiger partial charge in [0.25, 0.3) is 0 Å². The van der Waals surface area contributed by atoms with Gasteiger partial charge in [-0.05, 0) is 31.1 Å². The van der Waals surface area contributed by atoms with E-state index in [0.29, 0.717) is 17.9 Å². The minimum atomic E-state index is -0.0150. The molecule has 0 bridgehead atoms. The molecule has 3 unspecified atom stereocenters. The lowest BCUT2D eigenvalue weighted by Crippen LogP contribution is -2.51. The summed E-state index contributed by atoms with van der Waals surface area (Å²) in [6.45, 7) is 11.0. The summed E-state index contributed by atoms with van der Waals surface area (Å²) < 4.78 is 0. The second-order valence-corrected chi connectivity index (χ2v) is 6.72. The molecule has 1 saturated carbocycles. The van der Waals surface area contributed by atoms with Crippen molar-refractivity contribution in [2.45, 2.75) is 72.1 Å². The number of nitrogens with zero attached hydrogens (tertiary/aromatic N) is 1. The van der Waals surface area contributed by atoms with Crippen molar-refractivity contribution in [3.05, 3.63) is 0 Å². The van der Waals surface area contributed by atoms with Crippen LogP contribution in [0.5, 0.6) is 0 Å². The highest BCUT2D eigenvalue weighted by Crippen LogP contribution is 2.42. The summed E-state index contributed by atoms with van der Waals surface area (Å²) in [6.07, 6.45) is 3.87. The molecule has 3 atom stereocenters. The van der Waals surface area contributed by atoms with Gasteiger partial charge in [-0.3, -0.25) is 10.1 Å². The zero-order valence-corrected chi connectivity index (χ0v) is 11.8. The van der Waals surface area contributed by atoms with E-state index in [-0.39, 0.29) is 17.6 Å². The smallest absolute Gasteiger partial charge is 0.241 e. The Balaban J connectivity index is 2.25. The predicted molar refractivity (Wildman–Crippen MR) is 69.5 cm³/mol. The Bertz CT molecular complexity index is 311. The normalized spacial score (nSPS) is 37.2. The highest BCUT2D eigenvalue weighted by atomic mass is 16.2. The van der Waals surface area contributed by atoms with Crippen LogP contribution < -0.4 is 5.32 Å². The fourth-order valence-corrected chi connectivity index (χ4v) is 3.45. The Labute approximate surface area is 105 Å². The Kier molecular flexibility index (Phi) is 3.23. The number of carbonyl (C=O) groups excluding carboxylic acids is 1. The molecule has 0 aromatic carbocycles. The molecule has 1 aliphatic carbocycles. The average molecular weight is 238 g/mol. The van der Waals surface area contributed by atoms with Crippen LogP contribution in [0.25, 0.3) is 0 Å². The van der Waals surface area contributed by atoms with Crippen molar-refractivity contribution in [3.8, 4) is 0 Å². The van der Waals surface area contributed by atoms with E-state index in [1.807, 2.05) is 6.92 Å². The Morgan fingerprint density at radius 1 is 1.41 bits per heavy atom. The van der Waals surface area contributed by atoms with Gasteiger partial charge in [0.05, 0.1) is 12.2 Å². The third-order valence-electron chi connectivity index (χ3n) is 4.51. The molecule has 1 amide bonds. The summed E-state index contributed by atoms with van der Waals surface area (Å²) in [6, 6.07) is 0.402. The summed E-state index contributed by atoms with van der Waals surface area (Å²) in [4.78, 5) is 14.5. The molecule has 2 aliphatic rings. The van der Waals surface area contributed by atoms with E-state index >= 15 is 0 Å².